The van der Waals surface area contributed by atoms with E-state index in [9.17, 15) is 26.4 Å². The summed E-state index contributed by atoms with van der Waals surface area (Å²) in [7, 11) is -4.25. The van der Waals surface area contributed by atoms with Crippen LogP contribution in [0.25, 0.3) is 0 Å². The van der Waals surface area contributed by atoms with Gasteiger partial charge in [-0.25, -0.2) is 8.42 Å². The number of nitrogens with zero attached hydrogens (tertiary/aromatic N) is 2. The van der Waals surface area contributed by atoms with E-state index in [1.54, 1.807) is 0 Å². The molecular weight excluding hydrogens is 327 g/mol. The van der Waals surface area contributed by atoms with Gasteiger partial charge in [0.1, 0.15) is 17.5 Å². The molecule has 1 atom stereocenters. The highest BCUT2D eigenvalue weighted by atomic mass is 32.2. The molecule has 0 aliphatic carbocycles. The van der Waals surface area contributed by atoms with Gasteiger partial charge in [-0.1, -0.05) is 19.8 Å². The SMILES string of the molecule is CCCC[C@H](NS(=O)(=O)c1cnn(CC(F)(F)F)c1)C(=O)O. The Morgan fingerprint density at radius 2 is 2.14 bits per heavy atom. The van der Waals surface area contributed by atoms with Gasteiger partial charge in [-0.05, 0) is 6.42 Å². The van der Waals surface area contributed by atoms with Gasteiger partial charge < -0.3 is 5.11 Å². The molecule has 0 aliphatic rings. The number of hydrogen-bond donors (Lipinski definition) is 2. The molecule has 126 valence electrons. The van der Waals surface area contributed by atoms with Gasteiger partial charge in [-0.2, -0.15) is 23.0 Å². The van der Waals surface area contributed by atoms with E-state index in [0.717, 1.165) is 6.20 Å². The Hall–Kier alpha value is -1.62. The van der Waals surface area contributed by atoms with Gasteiger partial charge in [0.2, 0.25) is 10.0 Å². The molecule has 0 radical (unpaired) electrons. The molecule has 0 aromatic carbocycles. The minimum atomic E-state index is -4.54. The number of aliphatic carboxylic acids is 1. The zero-order valence-corrected chi connectivity index (χ0v) is 12.5. The molecule has 0 unspecified atom stereocenters. The van der Waals surface area contributed by atoms with Gasteiger partial charge in [0.05, 0.1) is 6.20 Å². The number of hydrogen-bond acceptors (Lipinski definition) is 4. The number of alkyl halides is 3. The van der Waals surface area contributed by atoms with E-state index in [2.05, 4.69) is 5.10 Å². The number of carboxylic acids is 1. The highest BCUT2D eigenvalue weighted by Crippen LogP contribution is 2.18. The van der Waals surface area contributed by atoms with Gasteiger partial charge >= 0.3 is 12.1 Å². The van der Waals surface area contributed by atoms with E-state index in [1.165, 1.54) is 0 Å². The number of unbranched alkanes of at least 4 members (excludes halogenated alkanes) is 1. The van der Waals surface area contributed by atoms with Crippen LogP contribution in [0.3, 0.4) is 0 Å². The number of rotatable bonds is 8. The first kappa shape index (κ1) is 18.4. The average molecular weight is 343 g/mol. The van der Waals surface area contributed by atoms with Crippen molar-refractivity contribution in [3.8, 4) is 0 Å². The number of carboxylic acid groups (broad SMARTS) is 1. The van der Waals surface area contributed by atoms with Gasteiger partial charge in [0.25, 0.3) is 0 Å². The number of aromatic nitrogens is 2. The Bertz CT molecular complexity index is 612. The quantitative estimate of drug-likeness (QED) is 0.742. The van der Waals surface area contributed by atoms with Crippen molar-refractivity contribution in [3.05, 3.63) is 12.4 Å². The molecular formula is C11H16F3N3O4S. The predicted octanol–water partition coefficient (Wildman–Crippen LogP) is 1.37. The third-order valence-corrected chi connectivity index (χ3v) is 4.13. The van der Waals surface area contributed by atoms with Crippen LogP contribution in [0.4, 0.5) is 13.2 Å². The lowest BCUT2D eigenvalue weighted by molar-refractivity contribution is -0.142. The molecule has 0 amide bonds. The second-order valence-electron chi connectivity index (χ2n) is 4.64. The molecule has 0 fully saturated rings. The Balaban J connectivity index is 2.87. The summed E-state index contributed by atoms with van der Waals surface area (Å²) in [5.41, 5.74) is 0. The van der Waals surface area contributed by atoms with E-state index in [-0.39, 0.29) is 6.42 Å². The third kappa shape index (κ3) is 5.64. The third-order valence-electron chi connectivity index (χ3n) is 2.70. The first-order valence-electron chi connectivity index (χ1n) is 6.39. The van der Waals surface area contributed by atoms with Crippen LogP contribution >= 0.6 is 0 Å². The summed E-state index contributed by atoms with van der Waals surface area (Å²) in [5, 5.41) is 12.3. The molecule has 0 saturated heterocycles. The average Bonchev–Trinajstić information content (AvgIpc) is 2.81. The first-order valence-corrected chi connectivity index (χ1v) is 7.88. The Morgan fingerprint density at radius 1 is 1.50 bits per heavy atom. The largest absolute Gasteiger partial charge is 0.480 e. The summed E-state index contributed by atoms with van der Waals surface area (Å²) in [6.07, 6.45) is -1.84. The zero-order chi connectivity index (χ0) is 17.0. The molecule has 1 aromatic heterocycles. The van der Waals surface area contributed by atoms with Crippen LogP contribution in [0.15, 0.2) is 17.3 Å². The fourth-order valence-corrected chi connectivity index (χ4v) is 2.83. The van der Waals surface area contributed by atoms with Crippen molar-refractivity contribution in [3.63, 3.8) is 0 Å². The van der Waals surface area contributed by atoms with Crippen LogP contribution in [0, 0.1) is 0 Å². The van der Waals surface area contributed by atoms with Crippen LogP contribution in [0.1, 0.15) is 26.2 Å². The lowest BCUT2D eigenvalue weighted by atomic mass is 10.1. The molecule has 0 spiro atoms. The van der Waals surface area contributed by atoms with Gasteiger partial charge in [-0.3, -0.25) is 9.48 Å². The smallest absolute Gasteiger partial charge is 0.408 e. The second kappa shape index (κ2) is 7.09. The molecule has 1 aromatic rings. The maximum absolute atomic E-state index is 12.2. The van der Waals surface area contributed by atoms with Crippen molar-refractivity contribution in [2.45, 2.75) is 49.8 Å². The molecule has 1 heterocycles. The van der Waals surface area contributed by atoms with Crippen molar-refractivity contribution in [1.82, 2.24) is 14.5 Å². The Labute approximate surface area is 125 Å². The number of sulfonamides is 1. The second-order valence-corrected chi connectivity index (χ2v) is 6.36. The molecule has 7 nitrogen and oxygen atoms in total. The fraction of sp³-hybridized carbons (Fsp3) is 0.636. The molecule has 0 saturated carbocycles. The summed E-state index contributed by atoms with van der Waals surface area (Å²) in [6, 6.07) is -1.34. The van der Waals surface area contributed by atoms with Crippen LogP contribution < -0.4 is 4.72 Å². The van der Waals surface area contributed by atoms with E-state index < -0.39 is 39.7 Å². The van der Waals surface area contributed by atoms with E-state index in [4.69, 9.17) is 5.11 Å². The van der Waals surface area contributed by atoms with Crippen molar-refractivity contribution in [2.24, 2.45) is 0 Å². The van der Waals surface area contributed by atoms with Crippen LogP contribution in [-0.2, 0) is 21.4 Å². The molecule has 22 heavy (non-hydrogen) atoms. The van der Waals surface area contributed by atoms with Crippen molar-refractivity contribution in [1.29, 1.82) is 0 Å². The van der Waals surface area contributed by atoms with E-state index in [0.29, 0.717) is 23.7 Å². The zero-order valence-electron chi connectivity index (χ0n) is 11.7. The lowest BCUT2D eigenvalue weighted by Gasteiger charge is -2.13. The molecule has 2 N–H and O–H groups in total. The molecule has 0 bridgehead atoms. The molecule has 1 rings (SSSR count). The van der Waals surface area contributed by atoms with Crippen molar-refractivity contribution >= 4 is 16.0 Å². The summed E-state index contributed by atoms with van der Waals surface area (Å²) >= 11 is 0. The Kier molecular flexibility index (Phi) is 5.94. The maximum Gasteiger partial charge on any atom is 0.408 e. The van der Waals surface area contributed by atoms with E-state index in [1.807, 2.05) is 11.6 Å². The van der Waals surface area contributed by atoms with Crippen LogP contribution in [-0.4, -0.2) is 41.5 Å². The number of carbonyl (C=O) groups is 1. The topological polar surface area (TPSA) is 101 Å². The fourth-order valence-electron chi connectivity index (χ4n) is 1.65. The molecule has 11 heteroatoms. The monoisotopic (exact) mass is 343 g/mol. The molecule has 0 aliphatic heterocycles. The number of nitrogens with one attached hydrogen (secondary N) is 1. The highest BCUT2D eigenvalue weighted by Gasteiger charge is 2.30. The minimum Gasteiger partial charge on any atom is -0.480 e. The van der Waals surface area contributed by atoms with E-state index >= 15 is 0 Å². The summed E-state index contributed by atoms with van der Waals surface area (Å²) in [4.78, 5) is 10.5. The summed E-state index contributed by atoms with van der Waals surface area (Å²) in [6.45, 7) is 0.384. The number of halogens is 3. The normalized spacial score (nSPS) is 14.0. The maximum atomic E-state index is 12.2. The van der Waals surface area contributed by atoms with Gasteiger partial charge in [-0.15, -0.1) is 0 Å². The summed E-state index contributed by atoms with van der Waals surface area (Å²) in [5.74, 6) is -1.35. The van der Waals surface area contributed by atoms with Gasteiger partial charge in [0.15, 0.2) is 0 Å². The summed E-state index contributed by atoms with van der Waals surface area (Å²) < 4.78 is 62.9. The van der Waals surface area contributed by atoms with Crippen LogP contribution in [0.2, 0.25) is 0 Å². The standard InChI is InChI=1S/C11H16F3N3O4S/c1-2-3-4-9(10(18)19)16-22(20,21)8-5-15-17(6-8)7-11(12,13)14/h5-6,9,16H,2-4,7H2,1H3,(H,18,19)/t9-/m0/s1. The Morgan fingerprint density at radius 3 is 2.64 bits per heavy atom. The van der Waals surface area contributed by atoms with Crippen molar-refractivity contribution in [2.75, 3.05) is 0 Å². The minimum absolute atomic E-state index is 0.0851. The highest BCUT2D eigenvalue weighted by molar-refractivity contribution is 7.89. The first-order chi connectivity index (χ1) is 10.0. The van der Waals surface area contributed by atoms with Crippen molar-refractivity contribution < 1.29 is 31.5 Å². The van der Waals surface area contributed by atoms with Gasteiger partial charge in [0, 0.05) is 6.20 Å². The predicted molar refractivity (Wildman–Crippen MR) is 69.6 cm³/mol. The van der Waals surface area contributed by atoms with Crippen LogP contribution in [0.5, 0.6) is 0 Å². The lowest BCUT2D eigenvalue weighted by Crippen LogP contribution is -2.40.